The number of hydrogen-bond acceptors (Lipinski definition) is 6. The molecule has 7 heteroatoms. The highest BCUT2D eigenvalue weighted by Crippen LogP contribution is 2.26. The number of anilines is 2. The van der Waals surface area contributed by atoms with Gasteiger partial charge in [0.15, 0.2) is 0 Å². The number of amides is 1. The predicted molar refractivity (Wildman–Crippen MR) is 140 cm³/mol. The first-order chi connectivity index (χ1) is 16.5. The van der Waals surface area contributed by atoms with Crippen LogP contribution < -0.4 is 16.0 Å². The number of aliphatic imine (C=N–C) groups is 2. The molecule has 0 saturated heterocycles. The number of hydrogen-bond donors (Lipinski definition) is 3. The summed E-state index contributed by atoms with van der Waals surface area (Å²) in [7, 11) is 0. The van der Waals surface area contributed by atoms with E-state index in [4.69, 9.17) is 4.99 Å². The number of aryl methyl sites for hydroxylation is 1. The molecular formula is C27H32N6O. The maximum Gasteiger partial charge on any atom is 0.257 e. The highest BCUT2D eigenvalue weighted by Gasteiger charge is 2.21. The van der Waals surface area contributed by atoms with E-state index in [1.165, 1.54) is 5.57 Å². The predicted octanol–water partition coefficient (Wildman–Crippen LogP) is 5.20. The van der Waals surface area contributed by atoms with Gasteiger partial charge in [-0.2, -0.15) is 0 Å². The molecular weight excluding hydrogens is 424 g/mol. The van der Waals surface area contributed by atoms with Crippen LogP contribution in [0, 0.1) is 6.92 Å². The molecule has 2 heterocycles. The summed E-state index contributed by atoms with van der Waals surface area (Å²) < 4.78 is 0. The first-order valence-corrected chi connectivity index (χ1v) is 11.9. The second-order valence-electron chi connectivity index (χ2n) is 8.59. The molecule has 1 aromatic carbocycles. The maximum atomic E-state index is 12.8. The number of pyridine rings is 1. The highest BCUT2D eigenvalue weighted by atomic mass is 16.1. The summed E-state index contributed by atoms with van der Waals surface area (Å²) in [5.74, 6) is 1.39. The third-order valence-electron chi connectivity index (χ3n) is 6.01. The molecule has 0 bridgehead atoms. The first kappa shape index (κ1) is 23.4. The Kier molecular flexibility index (Phi) is 7.21. The van der Waals surface area contributed by atoms with Gasteiger partial charge >= 0.3 is 0 Å². The molecule has 0 radical (unpaired) electrons. The van der Waals surface area contributed by atoms with Gasteiger partial charge in [0.25, 0.3) is 5.91 Å². The molecule has 0 saturated carbocycles. The van der Waals surface area contributed by atoms with Gasteiger partial charge in [-0.3, -0.25) is 14.8 Å². The van der Waals surface area contributed by atoms with Gasteiger partial charge in [-0.05, 0) is 69.0 Å². The number of allylic oxidation sites excluding steroid dienone is 2. The Morgan fingerprint density at radius 3 is 2.85 bits per heavy atom. The van der Waals surface area contributed by atoms with Crippen LogP contribution in [0.3, 0.4) is 0 Å². The fourth-order valence-corrected chi connectivity index (χ4v) is 4.07. The Bertz CT molecular complexity index is 1190. The molecule has 7 nitrogen and oxygen atoms in total. The normalized spacial score (nSPS) is 17.6. The van der Waals surface area contributed by atoms with Crippen LogP contribution in [0.5, 0.6) is 0 Å². The minimum atomic E-state index is -0.184. The van der Waals surface area contributed by atoms with E-state index in [2.05, 4.69) is 51.9 Å². The SMILES string of the molecule is CCNc1ncc(C(=O)Nc2cccc([C@H](C)NC3=NC4CC=C(CC)C=C4N=C3)c2)cc1C. The second-order valence-corrected chi connectivity index (χ2v) is 8.59. The molecule has 1 aromatic heterocycles. The summed E-state index contributed by atoms with van der Waals surface area (Å²) in [6, 6.07) is 9.77. The van der Waals surface area contributed by atoms with Gasteiger partial charge in [0.2, 0.25) is 0 Å². The van der Waals surface area contributed by atoms with Crippen molar-refractivity contribution in [1.29, 1.82) is 0 Å². The topological polar surface area (TPSA) is 90.8 Å². The molecule has 4 rings (SSSR count). The van der Waals surface area contributed by atoms with Crippen molar-refractivity contribution in [3.05, 3.63) is 76.6 Å². The zero-order valence-corrected chi connectivity index (χ0v) is 20.2. The minimum absolute atomic E-state index is 0.00114. The molecule has 2 aromatic rings. The molecule has 34 heavy (non-hydrogen) atoms. The third kappa shape index (κ3) is 5.42. The molecule has 1 aliphatic carbocycles. The van der Waals surface area contributed by atoms with Crippen LogP contribution in [0.2, 0.25) is 0 Å². The summed E-state index contributed by atoms with van der Waals surface area (Å²) in [5.41, 5.74) is 5.60. The Balaban J connectivity index is 1.41. The maximum absolute atomic E-state index is 12.8. The Morgan fingerprint density at radius 2 is 2.09 bits per heavy atom. The molecule has 1 unspecified atom stereocenters. The van der Waals surface area contributed by atoms with Gasteiger partial charge in [0.1, 0.15) is 11.7 Å². The lowest BCUT2D eigenvalue weighted by atomic mass is 9.98. The number of amidine groups is 1. The van der Waals surface area contributed by atoms with Crippen molar-refractivity contribution in [2.24, 2.45) is 9.98 Å². The molecule has 0 fully saturated rings. The van der Waals surface area contributed by atoms with Crippen LogP contribution >= 0.6 is 0 Å². The number of nitrogens with one attached hydrogen (secondary N) is 3. The summed E-state index contributed by atoms with van der Waals surface area (Å²) in [6.45, 7) is 8.97. The van der Waals surface area contributed by atoms with E-state index in [9.17, 15) is 4.79 Å². The van der Waals surface area contributed by atoms with Gasteiger partial charge in [-0.25, -0.2) is 4.98 Å². The number of aromatic nitrogens is 1. The van der Waals surface area contributed by atoms with Crippen molar-refractivity contribution < 1.29 is 4.79 Å². The zero-order valence-electron chi connectivity index (χ0n) is 20.2. The van der Waals surface area contributed by atoms with E-state index in [1.54, 1.807) is 12.4 Å². The number of fused-ring (bicyclic) bond motifs is 1. The van der Waals surface area contributed by atoms with Crippen molar-refractivity contribution >= 4 is 29.5 Å². The quantitative estimate of drug-likeness (QED) is 0.534. The lowest BCUT2D eigenvalue weighted by Crippen LogP contribution is -2.32. The number of rotatable bonds is 7. The van der Waals surface area contributed by atoms with Gasteiger partial charge in [0, 0.05) is 18.4 Å². The van der Waals surface area contributed by atoms with Crippen molar-refractivity contribution in [2.75, 3.05) is 17.2 Å². The van der Waals surface area contributed by atoms with Gasteiger partial charge in [-0.15, -0.1) is 0 Å². The highest BCUT2D eigenvalue weighted by molar-refractivity contribution is 6.30. The van der Waals surface area contributed by atoms with Crippen molar-refractivity contribution in [2.45, 2.75) is 52.6 Å². The van der Waals surface area contributed by atoms with Crippen molar-refractivity contribution in [3.8, 4) is 0 Å². The van der Waals surface area contributed by atoms with Gasteiger partial charge in [-0.1, -0.05) is 30.7 Å². The van der Waals surface area contributed by atoms with Gasteiger partial charge in [0.05, 0.1) is 29.6 Å². The van der Waals surface area contributed by atoms with E-state index in [1.807, 2.05) is 44.2 Å². The fourth-order valence-electron chi connectivity index (χ4n) is 4.07. The average Bonchev–Trinajstić information content (AvgIpc) is 2.85. The summed E-state index contributed by atoms with van der Waals surface area (Å²) in [6.07, 6.45) is 9.69. The third-order valence-corrected chi connectivity index (χ3v) is 6.01. The number of carbonyl (C=O) groups is 1. The van der Waals surface area contributed by atoms with E-state index in [-0.39, 0.29) is 18.0 Å². The fraction of sp³-hybridized carbons (Fsp3) is 0.333. The molecule has 1 amide bonds. The average molecular weight is 457 g/mol. The monoisotopic (exact) mass is 456 g/mol. The van der Waals surface area contributed by atoms with Crippen molar-refractivity contribution in [3.63, 3.8) is 0 Å². The van der Waals surface area contributed by atoms with Crippen LogP contribution in [0.1, 0.15) is 61.1 Å². The van der Waals surface area contributed by atoms with E-state index in [0.717, 1.165) is 53.6 Å². The minimum Gasteiger partial charge on any atom is -0.370 e. The Labute approximate surface area is 201 Å². The first-order valence-electron chi connectivity index (χ1n) is 11.9. The van der Waals surface area contributed by atoms with Crippen LogP contribution in [0.25, 0.3) is 0 Å². The van der Waals surface area contributed by atoms with E-state index >= 15 is 0 Å². The summed E-state index contributed by atoms with van der Waals surface area (Å²) in [5, 5.41) is 9.63. The van der Waals surface area contributed by atoms with Crippen LogP contribution in [-0.4, -0.2) is 35.5 Å². The number of benzene rings is 1. The molecule has 2 atom stereocenters. The van der Waals surface area contributed by atoms with Gasteiger partial charge < -0.3 is 16.0 Å². The summed E-state index contributed by atoms with van der Waals surface area (Å²) >= 11 is 0. The largest absolute Gasteiger partial charge is 0.370 e. The molecule has 3 N–H and O–H groups in total. The standard InChI is InChI=1S/C27H32N6O/c1-5-19-10-11-23-24(13-19)29-16-25(33-23)31-18(4)20-8-7-9-22(14-20)32-27(34)21-12-17(3)26(28-6-2)30-15-21/h7-10,12-16,18,23H,5-6,11H2,1-4H3,(H,28,30)(H,31,33)(H,32,34)/t18-,23?/m0/s1. The van der Waals surface area contributed by atoms with E-state index in [0.29, 0.717) is 5.56 Å². The number of carbonyl (C=O) groups excluding carboxylic acids is 1. The van der Waals surface area contributed by atoms with Crippen LogP contribution in [-0.2, 0) is 0 Å². The van der Waals surface area contributed by atoms with Crippen molar-refractivity contribution in [1.82, 2.24) is 10.3 Å². The summed E-state index contributed by atoms with van der Waals surface area (Å²) in [4.78, 5) is 26.6. The van der Waals surface area contributed by atoms with Crippen LogP contribution in [0.15, 0.2) is 69.9 Å². The molecule has 2 aliphatic rings. The Hall–Kier alpha value is -3.74. The smallest absolute Gasteiger partial charge is 0.257 e. The Morgan fingerprint density at radius 1 is 1.24 bits per heavy atom. The lowest BCUT2D eigenvalue weighted by molar-refractivity contribution is 0.102. The molecule has 0 spiro atoms. The molecule has 1 aliphatic heterocycles. The van der Waals surface area contributed by atoms with E-state index < -0.39 is 0 Å². The zero-order chi connectivity index (χ0) is 24.1. The second kappa shape index (κ2) is 10.5. The lowest BCUT2D eigenvalue weighted by Gasteiger charge is -2.24. The number of nitrogens with zero attached hydrogens (tertiary/aromatic N) is 3. The molecule has 176 valence electrons. The van der Waals surface area contributed by atoms with Crippen LogP contribution in [0.4, 0.5) is 11.5 Å².